The summed E-state index contributed by atoms with van der Waals surface area (Å²) < 4.78 is 0. The molecule has 0 aliphatic heterocycles. The van der Waals surface area contributed by atoms with Crippen LogP contribution in [0.15, 0.2) is 11.6 Å². The molecule has 3 saturated carbocycles. The lowest BCUT2D eigenvalue weighted by molar-refractivity contribution is -0.122. The molecule has 0 aromatic heterocycles. The van der Waals surface area contributed by atoms with Crippen molar-refractivity contribution in [2.45, 2.75) is 105 Å². The van der Waals surface area contributed by atoms with Gasteiger partial charge in [0, 0.05) is 12.8 Å². The number of carbonyl (C=O) groups excluding carboxylic acids is 1. The van der Waals surface area contributed by atoms with Crippen LogP contribution in [0.4, 0.5) is 0 Å². The molecule has 1 heteroatoms. The van der Waals surface area contributed by atoms with E-state index in [2.05, 4.69) is 40.7 Å². The van der Waals surface area contributed by atoms with Gasteiger partial charge in [0.2, 0.25) is 0 Å². The van der Waals surface area contributed by atoms with Crippen LogP contribution < -0.4 is 0 Å². The summed E-state index contributed by atoms with van der Waals surface area (Å²) in [7, 11) is 0. The Balaban J connectivity index is 1.50. The van der Waals surface area contributed by atoms with E-state index in [1.165, 1.54) is 56.9 Å². The quantitative estimate of drug-likeness (QED) is 0.446. The van der Waals surface area contributed by atoms with E-state index >= 15 is 0 Å². The van der Waals surface area contributed by atoms with Crippen LogP contribution in [-0.2, 0) is 4.79 Å². The third-order valence-electron chi connectivity index (χ3n) is 10.1. The first-order valence-corrected chi connectivity index (χ1v) is 12.5. The summed E-state index contributed by atoms with van der Waals surface area (Å²) in [5, 5.41) is 0. The molecule has 0 bridgehead atoms. The summed E-state index contributed by atoms with van der Waals surface area (Å²) in [5.74, 6) is 5.82. The van der Waals surface area contributed by atoms with Crippen molar-refractivity contribution in [2.24, 2.45) is 46.3 Å². The van der Waals surface area contributed by atoms with Crippen LogP contribution in [0.5, 0.6) is 0 Å². The van der Waals surface area contributed by atoms with Crippen LogP contribution in [0, 0.1) is 46.3 Å². The number of rotatable bonds is 5. The maximum Gasteiger partial charge on any atom is 0.136 e. The summed E-state index contributed by atoms with van der Waals surface area (Å²) in [6.45, 7) is 12.5. The van der Waals surface area contributed by atoms with Crippen molar-refractivity contribution in [3.05, 3.63) is 11.6 Å². The van der Waals surface area contributed by atoms with E-state index in [0.29, 0.717) is 16.6 Å². The molecule has 0 aromatic rings. The fourth-order valence-corrected chi connectivity index (χ4v) is 8.50. The molecule has 0 spiro atoms. The number of carbonyl (C=O) groups is 1. The number of Topliss-reactive ketones (excluding diaryl/α,β-unsaturated/α-hetero) is 1. The number of fused-ring (bicyclic) bond motifs is 5. The van der Waals surface area contributed by atoms with Gasteiger partial charge >= 0.3 is 0 Å². The van der Waals surface area contributed by atoms with Gasteiger partial charge in [-0.1, -0.05) is 65.5 Å². The maximum absolute atomic E-state index is 12.1. The van der Waals surface area contributed by atoms with Gasteiger partial charge in [-0.2, -0.15) is 0 Å². The second kappa shape index (κ2) is 7.59. The van der Waals surface area contributed by atoms with Crippen molar-refractivity contribution in [3.8, 4) is 0 Å². The van der Waals surface area contributed by atoms with Gasteiger partial charge in [0.15, 0.2) is 0 Å². The van der Waals surface area contributed by atoms with E-state index in [1.807, 2.05) is 0 Å². The second-order valence-electron chi connectivity index (χ2n) is 12.0. The second-order valence-corrected chi connectivity index (χ2v) is 12.0. The molecule has 0 radical (unpaired) electrons. The van der Waals surface area contributed by atoms with E-state index in [0.717, 1.165) is 54.8 Å². The minimum absolute atomic E-state index is 0.332. The highest BCUT2D eigenvalue weighted by Gasteiger charge is 2.59. The van der Waals surface area contributed by atoms with Crippen molar-refractivity contribution >= 4 is 5.78 Å². The predicted molar refractivity (Wildman–Crippen MR) is 118 cm³/mol. The van der Waals surface area contributed by atoms with Gasteiger partial charge in [0.1, 0.15) is 5.78 Å². The molecule has 0 aromatic carbocycles. The maximum atomic E-state index is 12.1. The van der Waals surface area contributed by atoms with Gasteiger partial charge in [-0.15, -0.1) is 0 Å². The molecule has 1 nitrogen and oxygen atoms in total. The Morgan fingerprint density at radius 3 is 2.57 bits per heavy atom. The lowest BCUT2D eigenvalue weighted by Crippen LogP contribution is -2.50. The van der Waals surface area contributed by atoms with Gasteiger partial charge in [-0.25, -0.2) is 0 Å². The summed E-state index contributed by atoms with van der Waals surface area (Å²) in [6.07, 6.45) is 16.5. The smallest absolute Gasteiger partial charge is 0.136 e. The molecule has 4 aliphatic carbocycles. The Hall–Kier alpha value is -0.590. The fraction of sp³-hybridized carbons (Fsp3) is 0.889. The van der Waals surface area contributed by atoms with Crippen LogP contribution in [0.3, 0.4) is 0 Å². The Labute approximate surface area is 174 Å². The lowest BCUT2D eigenvalue weighted by atomic mass is 9.47. The first-order valence-electron chi connectivity index (χ1n) is 12.5. The summed E-state index contributed by atoms with van der Waals surface area (Å²) in [6, 6.07) is 0. The van der Waals surface area contributed by atoms with Gasteiger partial charge in [0.05, 0.1) is 0 Å². The molecule has 7 atom stereocenters. The highest BCUT2D eigenvalue weighted by atomic mass is 16.1. The van der Waals surface area contributed by atoms with Crippen molar-refractivity contribution in [1.29, 1.82) is 0 Å². The van der Waals surface area contributed by atoms with Crippen LogP contribution in [0.1, 0.15) is 105 Å². The molecule has 158 valence electrons. The molecule has 3 fully saturated rings. The minimum Gasteiger partial charge on any atom is -0.299 e. The third-order valence-corrected chi connectivity index (χ3v) is 10.1. The van der Waals surface area contributed by atoms with E-state index in [9.17, 15) is 4.79 Å². The topological polar surface area (TPSA) is 17.1 Å². The zero-order chi connectivity index (χ0) is 20.1. The van der Waals surface area contributed by atoms with Crippen molar-refractivity contribution in [2.75, 3.05) is 0 Å². The van der Waals surface area contributed by atoms with Crippen molar-refractivity contribution in [3.63, 3.8) is 0 Å². The zero-order valence-electron chi connectivity index (χ0n) is 19.2. The van der Waals surface area contributed by atoms with E-state index in [-0.39, 0.29) is 0 Å². The molecule has 0 amide bonds. The summed E-state index contributed by atoms with van der Waals surface area (Å²) in [4.78, 5) is 12.1. The summed E-state index contributed by atoms with van der Waals surface area (Å²) >= 11 is 0. The molecule has 0 saturated heterocycles. The predicted octanol–water partition coefficient (Wildman–Crippen LogP) is 7.60. The van der Waals surface area contributed by atoms with Crippen LogP contribution in [-0.4, -0.2) is 5.78 Å². The molecular formula is C27H44O. The Bertz CT molecular complexity index is 630. The van der Waals surface area contributed by atoms with Crippen LogP contribution >= 0.6 is 0 Å². The number of hydrogen-bond acceptors (Lipinski definition) is 1. The number of ketones is 1. The van der Waals surface area contributed by atoms with E-state index in [4.69, 9.17) is 0 Å². The number of allylic oxidation sites excluding steroid dienone is 2. The number of hydrogen-bond donors (Lipinski definition) is 0. The minimum atomic E-state index is 0.332. The standard InChI is InChI=1S/C27H44O/c1-18(2)7-6-8-19(3)23-11-12-24-22-10-9-20-17-21(28)13-15-26(20,4)25(22)14-16-27(23,24)5/h9,18-19,22-25H,6-8,10-17H2,1-5H3/t19-,22+,23+,24+,25+,26-,27+/m0/s1. The zero-order valence-corrected chi connectivity index (χ0v) is 19.2. The van der Waals surface area contributed by atoms with Gasteiger partial charge in [0.25, 0.3) is 0 Å². The van der Waals surface area contributed by atoms with E-state index < -0.39 is 0 Å². The SMILES string of the molecule is CC(C)CCC[C@H](C)[C@H]1CC[C@@H]2[C@H]3CC=C4CC(=O)CC[C@]4(C)[C@@H]3CC[C@@]21C. The van der Waals surface area contributed by atoms with Crippen molar-refractivity contribution < 1.29 is 4.79 Å². The van der Waals surface area contributed by atoms with Crippen LogP contribution in [0.2, 0.25) is 0 Å². The van der Waals surface area contributed by atoms with Crippen molar-refractivity contribution in [1.82, 2.24) is 0 Å². The monoisotopic (exact) mass is 384 g/mol. The normalized spacial score (nSPS) is 43.9. The average Bonchev–Trinajstić information content (AvgIpc) is 2.99. The van der Waals surface area contributed by atoms with E-state index in [1.54, 1.807) is 0 Å². The highest BCUT2D eigenvalue weighted by Crippen LogP contribution is 2.67. The lowest BCUT2D eigenvalue weighted by Gasteiger charge is -2.58. The van der Waals surface area contributed by atoms with Gasteiger partial charge < -0.3 is 0 Å². The Morgan fingerprint density at radius 2 is 1.82 bits per heavy atom. The Morgan fingerprint density at radius 1 is 1.04 bits per heavy atom. The molecule has 0 unspecified atom stereocenters. The molecule has 4 aliphatic rings. The molecule has 28 heavy (non-hydrogen) atoms. The third kappa shape index (κ3) is 3.33. The molecule has 0 N–H and O–H groups in total. The molecule has 4 rings (SSSR count). The Kier molecular flexibility index (Phi) is 5.60. The molecular weight excluding hydrogens is 340 g/mol. The van der Waals surface area contributed by atoms with Gasteiger partial charge in [-0.3, -0.25) is 4.79 Å². The fourth-order valence-electron chi connectivity index (χ4n) is 8.50. The summed E-state index contributed by atoms with van der Waals surface area (Å²) in [5.41, 5.74) is 2.43. The average molecular weight is 385 g/mol. The van der Waals surface area contributed by atoms with Gasteiger partial charge in [-0.05, 0) is 84.9 Å². The van der Waals surface area contributed by atoms with Crippen LogP contribution in [0.25, 0.3) is 0 Å². The largest absolute Gasteiger partial charge is 0.299 e. The molecule has 0 heterocycles. The highest BCUT2D eigenvalue weighted by molar-refractivity contribution is 5.82. The first kappa shape index (κ1) is 20.7. The first-order chi connectivity index (χ1) is 13.3.